The van der Waals surface area contributed by atoms with Gasteiger partial charge in [-0.3, -0.25) is 4.79 Å². The summed E-state index contributed by atoms with van der Waals surface area (Å²) in [6, 6.07) is 0.258. The number of hydrogen-bond acceptors (Lipinski definition) is 3. The monoisotopic (exact) mass is 212 g/mol. The number of nitrogens with zero attached hydrogens (tertiary/aromatic N) is 1. The van der Waals surface area contributed by atoms with Gasteiger partial charge in [-0.2, -0.15) is 0 Å². The van der Waals surface area contributed by atoms with Crippen LogP contribution in [0.3, 0.4) is 0 Å². The normalized spacial score (nSPS) is 36.9. The van der Waals surface area contributed by atoms with Crippen molar-refractivity contribution >= 4 is 5.91 Å². The van der Waals surface area contributed by atoms with Gasteiger partial charge in [-0.25, -0.2) is 0 Å². The highest BCUT2D eigenvalue weighted by Crippen LogP contribution is 2.20. The maximum atomic E-state index is 12.1. The molecule has 0 aromatic carbocycles. The third-order valence-corrected chi connectivity index (χ3v) is 3.56. The number of piperidine rings is 1. The van der Waals surface area contributed by atoms with Crippen LogP contribution in [0.1, 0.15) is 19.8 Å². The zero-order valence-electron chi connectivity index (χ0n) is 9.32. The highest BCUT2D eigenvalue weighted by Gasteiger charge is 2.32. The summed E-state index contributed by atoms with van der Waals surface area (Å²) in [5, 5.41) is 0. The van der Waals surface area contributed by atoms with E-state index >= 15 is 0 Å². The summed E-state index contributed by atoms with van der Waals surface area (Å²) in [5.74, 6) is 0.794. The molecule has 0 saturated carbocycles. The Bertz CT molecular complexity index is 239. The predicted octanol–water partition coefficient (Wildman–Crippen LogP) is 0.219. The van der Waals surface area contributed by atoms with Crippen molar-refractivity contribution in [1.82, 2.24) is 4.90 Å². The van der Waals surface area contributed by atoms with Gasteiger partial charge in [0.15, 0.2) is 0 Å². The number of nitrogens with two attached hydrogens (primary N) is 1. The molecule has 0 spiro atoms. The van der Waals surface area contributed by atoms with Gasteiger partial charge < -0.3 is 15.4 Å². The van der Waals surface area contributed by atoms with Crippen molar-refractivity contribution < 1.29 is 9.53 Å². The molecule has 86 valence electrons. The molecular weight excluding hydrogens is 192 g/mol. The van der Waals surface area contributed by atoms with Gasteiger partial charge in [0.1, 0.15) is 0 Å². The topological polar surface area (TPSA) is 55.6 Å². The number of hydrogen-bond donors (Lipinski definition) is 1. The SMILES string of the molecule is CC1CN(C(=O)C2CCOC2)CCC1N. The average Bonchev–Trinajstić information content (AvgIpc) is 2.74. The second-order valence-electron chi connectivity index (χ2n) is 4.77. The first-order valence-electron chi connectivity index (χ1n) is 5.80. The molecule has 4 heteroatoms. The van der Waals surface area contributed by atoms with Crippen LogP contribution in [0.5, 0.6) is 0 Å². The second kappa shape index (κ2) is 4.49. The van der Waals surface area contributed by atoms with E-state index in [4.69, 9.17) is 10.5 Å². The molecule has 2 fully saturated rings. The van der Waals surface area contributed by atoms with Crippen molar-refractivity contribution in [2.24, 2.45) is 17.6 Å². The molecule has 2 rings (SSSR count). The van der Waals surface area contributed by atoms with Crippen LogP contribution in [0, 0.1) is 11.8 Å². The third-order valence-electron chi connectivity index (χ3n) is 3.56. The molecule has 4 nitrogen and oxygen atoms in total. The predicted molar refractivity (Wildman–Crippen MR) is 57.3 cm³/mol. The largest absolute Gasteiger partial charge is 0.381 e. The van der Waals surface area contributed by atoms with E-state index in [1.54, 1.807) is 0 Å². The van der Waals surface area contributed by atoms with E-state index in [1.807, 2.05) is 4.90 Å². The third kappa shape index (κ3) is 2.32. The first-order valence-corrected chi connectivity index (χ1v) is 5.80. The van der Waals surface area contributed by atoms with E-state index in [0.717, 1.165) is 32.5 Å². The minimum Gasteiger partial charge on any atom is -0.381 e. The molecule has 0 aliphatic carbocycles. The Balaban J connectivity index is 1.90. The average molecular weight is 212 g/mol. The van der Waals surface area contributed by atoms with Crippen LogP contribution in [0.4, 0.5) is 0 Å². The molecular formula is C11H20N2O2. The molecule has 0 bridgehead atoms. The lowest BCUT2D eigenvalue weighted by molar-refractivity contribution is -0.137. The highest BCUT2D eigenvalue weighted by atomic mass is 16.5. The molecule has 15 heavy (non-hydrogen) atoms. The van der Waals surface area contributed by atoms with Gasteiger partial charge >= 0.3 is 0 Å². The van der Waals surface area contributed by atoms with Gasteiger partial charge in [-0.05, 0) is 18.8 Å². The van der Waals surface area contributed by atoms with Crippen molar-refractivity contribution in [2.75, 3.05) is 26.3 Å². The van der Waals surface area contributed by atoms with Gasteiger partial charge in [0.05, 0.1) is 12.5 Å². The standard InChI is InChI=1S/C11H20N2O2/c1-8-6-13(4-2-10(8)12)11(14)9-3-5-15-7-9/h8-10H,2-7,12H2,1H3. The molecule has 0 aromatic heterocycles. The number of rotatable bonds is 1. The van der Waals surface area contributed by atoms with Crippen LogP contribution in [0.2, 0.25) is 0 Å². The summed E-state index contributed by atoms with van der Waals surface area (Å²) in [6.07, 6.45) is 1.82. The van der Waals surface area contributed by atoms with E-state index in [2.05, 4.69) is 6.92 Å². The summed E-state index contributed by atoms with van der Waals surface area (Å²) < 4.78 is 5.24. The van der Waals surface area contributed by atoms with Gasteiger partial charge in [0.25, 0.3) is 0 Å². The van der Waals surface area contributed by atoms with Crippen molar-refractivity contribution in [3.63, 3.8) is 0 Å². The summed E-state index contributed by atoms with van der Waals surface area (Å²) in [7, 11) is 0. The first kappa shape index (κ1) is 10.9. The molecule has 0 aromatic rings. The van der Waals surface area contributed by atoms with E-state index < -0.39 is 0 Å². The smallest absolute Gasteiger partial charge is 0.228 e. The van der Waals surface area contributed by atoms with Crippen LogP contribution in [-0.2, 0) is 9.53 Å². The second-order valence-corrected chi connectivity index (χ2v) is 4.77. The molecule has 3 atom stereocenters. The maximum Gasteiger partial charge on any atom is 0.228 e. The van der Waals surface area contributed by atoms with Crippen molar-refractivity contribution in [1.29, 1.82) is 0 Å². The van der Waals surface area contributed by atoms with Gasteiger partial charge in [0.2, 0.25) is 5.91 Å². The molecule has 2 heterocycles. The fourth-order valence-electron chi connectivity index (χ4n) is 2.35. The maximum absolute atomic E-state index is 12.1. The van der Waals surface area contributed by atoms with Crippen molar-refractivity contribution in [2.45, 2.75) is 25.8 Å². The number of carbonyl (C=O) groups excluding carboxylic acids is 1. The molecule has 2 N–H and O–H groups in total. The van der Waals surface area contributed by atoms with Crippen LogP contribution in [0.25, 0.3) is 0 Å². The zero-order chi connectivity index (χ0) is 10.8. The Morgan fingerprint density at radius 1 is 1.47 bits per heavy atom. The van der Waals surface area contributed by atoms with Crippen molar-refractivity contribution in [3.8, 4) is 0 Å². The fraction of sp³-hybridized carbons (Fsp3) is 0.909. The molecule has 0 radical (unpaired) electrons. The summed E-state index contributed by atoms with van der Waals surface area (Å²) in [4.78, 5) is 14.0. The molecule has 2 saturated heterocycles. The Labute approximate surface area is 90.8 Å². The molecule has 2 aliphatic heterocycles. The Morgan fingerprint density at radius 2 is 2.27 bits per heavy atom. The van der Waals surface area contributed by atoms with Crippen LogP contribution in [-0.4, -0.2) is 43.2 Å². The summed E-state index contributed by atoms with van der Waals surface area (Å²) in [6.45, 7) is 5.10. The van der Waals surface area contributed by atoms with Gasteiger partial charge in [-0.15, -0.1) is 0 Å². The number of carbonyl (C=O) groups is 1. The minimum absolute atomic E-state index is 0.103. The quantitative estimate of drug-likeness (QED) is 0.676. The molecule has 1 amide bonds. The van der Waals surface area contributed by atoms with Crippen molar-refractivity contribution in [3.05, 3.63) is 0 Å². The van der Waals surface area contributed by atoms with Crippen LogP contribution >= 0.6 is 0 Å². The van der Waals surface area contributed by atoms with E-state index in [9.17, 15) is 4.79 Å². The van der Waals surface area contributed by atoms with E-state index in [1.165, 1.54) is 0 Å². The van der Waals surface area contributed by atoms with E-state index in [-0.39, 0.29) is 17.9 Å². The lowest BCUT2D eigenvalue weighted by Gasteiger charge is -2.36. The highest BCUT2D eigenvalue weighted by molar-refractivity contribution is 5.79. The number of ether oxygens (including phenoxy) is 1. The lowest BCUT2D eigenvalue weighted by Crippen LogP contribution is -2.49. The first-order chi connectivity index (χ1) is 7.18. The summed E-state index contributed by atoms with van der Waals surface area (Å²) >= 11 is 0. The Hall–Kier alpha value is -0.610. The Morgan fingerprint density at radius 3 is 2.87 bits per heavy atom. The van der Waals surface area contributed by atoms with Gasteiger partial charge in [-0.1, -0.05) is 6.92 Å². The number of amides is 1. The lowest BCUT2D eigenvalue weighted by atomic mass is 9.93. The minimum atomic E-state index is 0.103. The molecule has 3 unspecified atom stereocenters. The Kier molecular flexibility index (Phi) is 3.26. The van der Waals surface area contributed by atoms with E-state index in [0.29, 0.717) is 12.5 Å². The van der Waals surface area contributed by atoms with Crippen LogP contribution < -0.4 is 5.73 Å². The zero-order valence-corrected chi connectivity index (χ0v) is 9.32. The molecule has 2 aliphatic rings. The number of likely N-dealkylation sites (tertiary alicyclic amines) is 1. The summed E-state index contributed by atoms with van der Waals surface area (Å²) in [5.41, 5.74) is 5.93. The van der Waals surface area contributed by atoms with Gasteiger partial charge in [0, 0.05) is 25.7 Å². The fourth-order valence-corrected chi connectivity index (χ4v) is 2.35. The van der Waals surface area contributed by atoms with Crippen LogP contribution in [0.15, 0.2) is 0 Å².